The molecule has 0 saturated heterocycles. The minimum Gasteiger partial charge on any atom is -0.397 e. The highest BCUT2D eigenvalue weighted by molar-refractivity contribution is 6.33. The van der Waals surface area contributed by atoms with E-state index in [-0.39, 0.29) is 0 Å². The summed E-state index contributed by atoms with van der Waals surface area (Å²) in [6.45, 7) is 6.35. The van der Waals surface area contributed by atoms with Gasteiger partial charge in [-0.25, -0.2) is 4.98 Å². The van der Waals surface area contributed by atoms with E-state index < -0.39 is 0 Å². The summed E-state index contributed by atoms with van der Waals surface area (Å²) in [6.07, 6.45) is 1.56. The molecule has 0 saturated carbocycles. The van der Waals surface area contributed by atoms with E-state index in [0.29, 0.717) is 23.1 Å². The molecule has 0 aliphatic carbocycles. The summed E-state index contributed by atoms with van der Waals surface area (Å²) < 4.78 is 0. The van der Waals surface area contributed by atoms with Gasteiger partial charge in [-0.15, -0.1) is 0 Å². The average molecular weight is 198 g/mol. The van der Waals surface area contributed by atoms with E-state index >= 15 is 0 Å². The van der Waals surface area contributed by atoms with Crippen molar-refractivity contribution in [1.82, 2.24) is 4.98 Å². The van der Waals surface area contributed by atoms with Crippen molar-refractivity contribution in [1.29, 1.82) is 0 Å². The van der Waals surface area contributed by atoms with Crippen molar-refractivity contribution >= 4 is 23.1 Å². The highest BCUT2D eigenvalue weighted by atomic mass is 35.5. The molecule has 4 heteroatoms. The summed E-state index contributed by atoms with van der Waals surface area (Å²) in [4.78, 5) is 4.04. The molecule has 13 heavy (non-hydrogen) atoms. The van der Waals surface area contributed by atoms with Crippen molar-refractivity contribution in [3.8, 4) is 0 Å². The topological polar surface area (TPSA) is 50.9 Å². The third kappa shape index (κ3) is 2.95. The Morgan fingerprint density at radius 1 is 1.77 bits per heavy atom. The van der Waals surface area contributed by atoms with Crippen molar-refractivity contribution in [3.05, 3.63) is 29.4 Å². The Hall–Kier alpha value is -1.22. The summed E-state index contributed by atoms with van der Waals surface area (Å²) >= 11 is 5.88. The van der Waals surface area contributed by atoms with Crippen LogP contribution in [0.5, 0.6) is 0 Å². The number of rotatable bonds is 3. The number of pyridine rings is 1. The molecule has 3 nitrogen and oxygen atoms in total. The third-order valence-corrected chi connectivity index (χ3v) is 1.71. The zero-order chi connectivity index (χ0) is 9.84. The van der Waals surface area contributed by atoms with E-state index in [1.165, 1.54) is 0 Å². The van der Waals surface area contributed by atoms with E-state index in [4.69, 9.17) is 17.3 Å². The molecule has 0 bridgehead atoms. The predicted octanol–water partition coefficient (Wildman–Crippen LogP) is 2.31. The Bertz CT molecular complexity index is 323. The molecular weight excluding hydrogens is 186 g/mol. The lowest BCUT2D eigenvalue weighted by molar-refractivity contribution is 1.17. The first-order valence-electron chi connectivity index (χ1n) is 3.89. The van der Waals surface area contributed by atoms with Crippen LogP contribution < -0.4 is 11.1 Å². The van der Waals surface area contributed by atoms with Gasteiger partial charge in [0.15, 0.2) is 0 Å². The van der Waals surface area contributed by atoms with Crippen molar-refractivity contribution in [3.63, 3.8) is 0 Å². The van der Waals surface area contributed by atoms with E-state index in [0.717, 1.165) is 5.57 Å². The van der Waals surface area contributed by atoms with E-state index in [1.807, 2.05) is 6.92 Å². The summed E-state index contributed by atoms with van der Waals surface area (Å²) in [5.74, 6) is 0.638. The summed E-state index contributed by atoms with van der Waals surface area (Å²) in [6, 6.07) is 1.66. The van der Waals surface area contributed by atoms with Gasteiger partial charge in [0.1, 0.15) is 5.82 Å². The number of anilines is 2. The highest BCUT2D eigenvalue weighted by Gasteiger charge is 2.00. The predicted molar refractivity (Wildman–Crippen MR) is 57.0 cm³/mol. The fourth-order valence-corrected chi connectivity index (χ4v) is 1.06. The first kappa shape index (κ1) is 9.86. The van der Waals surface area contributed by atoms with Crippen LogP contribution in [-0.2, 0) is 0 Å². The second-order valence-corrected chi connectivity index (χ2v) is 3.32. The number of aromatic nitrogens is 1. The molecule has 0 unspecified atom stereocenters. The van der Waals surface area contributed by atoms with Crippen LogP contribution in [0.4, 0.5) is 11.5 Å². The molecule has 70 valence electrons. The first-order valence-corrected chi connectivity index (χ1v) is 4.26. The van der Waals surface area contributed by atoms with Crippen molar-refractivity contribution in [2.45, 2.75) is 6.92 Å². The molecule has 0 spiro atoms. The Morgan fingerprint density at radius 2 is 2.46 bits per heavy atom. The molecule has 1 aromatic rings. The van der Waals surface area contributed by atoms with Gasteiger partial charge in [-0.05, 0) is 13.0 Å². The maximum absolute atomic E-state index is 5.88. The van der Waals surface area contributed by atoms with Gasteiger partial charge in [0.05, 0.1) is 16.9 Å². The van der Waals surface area contributed by atoms with Gasteiger partial charge in [0.25, 0.3) is 0 Å². The zero-order valence-corrected chi connectivity index (χ0v) is 8.23. The fraction of sp³-hybridized carbons (Fsp3) is 0.222. The van der Waals surface area contributed by atoms with Gasteiger partial charge in [-0.1, -0.05) is 23.8 Å². The van der Waals surface area contributed by atoms with Crippen molar-refractivity contribution < 1.29 is 0 Å². The van der Waals surface area contributed by atoms with Crippen LogP contribution in [0.15, 0.2) is 24.4 Å². The third-order valence-electron chi connectivity index (χ3n) is 1.42. The maximum atomic E-state index is 5.88. The van der Waals surface area contributed by atoms with Crippen molar-refractivity contribution in [2.24, 2.45) is 0 Å². The lowest BCUT2D eigenvalue weighted by Gasteiger charge is -2.06. The summed E-state index contributed by atoms with van der Waals surface area (Å²) in [5, 5.41) is 3.57. The van der Waals surface area contributed by atoms with Crippen LogP contribution in [-0.4, -0.2) is 11.5 Å². The average Bonchev–Trinajstić information content (AvgIpc) is 2.02. The number of hydrogen-bond acceptors (Lipinski definition) is 3. The van der Waals surface area contributed by atoms with Gasteiger partial charge in [-0.3, -0.25) is 0 Å². The Morgan fingerprint density at radius 3 is 3.00 bits per heavy atom. The molecule has 0 aromatic carbocycles. The van der Waals surface area contributed by atoms with Gasteiger partial charge in [0.2, 0.25) is 0 Å². The maximum Gasteiger partial charge on any atom is 0.145 e. The largest absolute Gasteiger partial charge is 0.397 e. The molecule has 1 heterocycles. The standard InChI is InChI=1S/C9H12ClN3/c1-6(2)4-12-9-8(10)3-7(11)5-13-9/h3,5H,1,4,11H2,2H3,(H,12,13). The fourth-order valence-electron chi connectivity index (χ4n) is 0.817. The number of hydrogen-bond donors (Lipinski definition) is 2. The molecule has 0 radical (unpaired) electrons. The lowest BCUT2D eigenvalue weighted by atomic mass is 10.3. The highest BCUT2D eigenvalue weighted by Crippen LogP contribution is 2.20. The van der Waals surface area contributed by atoms with Crippen molar-refractivity contribution in [2.75, 3.05) is 17.6 Å². The zero-order valence-electron chi connectivity index (χ0n) is 7.47. The number of halogens is 1. The smallest absolute Gasteiger partial charge is 0.145 e. The molecule has 0 aliphatic heterocycles. The quantitative estimate of drug-likeness (QED) is 0.732. The molecule has 0 amide bonds. The number of nitrogens with zero attached hydrogens (tertiary/aromatic N) is 1. The van der Waals surface area contributed by atoms with E-state index in [9.17, 15) is 0 Å². The Labute approximate surface area is 82.6 Å². The molecule has 1 aromatic heterocycles. The van der Waals surface area contributed by atoms with E-state index in [1.54, 1.807) is 12.3 Å². The van der Waals surface area contributed by atoms with Crippen LogP contribution in [0.2, 0.25) is 5.02 Å². The van der Waals surface area contributed by atoms with Gasteiger partial charge >= 0.3 is 0 Å². The van der Waals surface area contributed by atoms with Gasteiger partial charge < -0.3 is 11.1 Å². The molecule has 0 aliphatic rings. The van der Waals surface area contributed by atoms with Crippen LogP contribution >= 0.6 is 11.6 Å². The number of nitrogens with two attached hydrogens (primary N) is 1. The van der Waals surface area contributed by atoms with E-state index in [2.05, 4.69) is 16.9 Å². The molecule has 1 rings (SSSR count). The van der Waals surface area contributed by atoms with Crippen LogP contribution in [0.25, 0.3) is 0 Å². The SMILES string of the molecule is C=C(C)CNc1ncc(N)cc1Cl. The summed E-state index contributed by atoms with van der Waals surface area (Å²) in [7, 11) is 0. The van der Waals surface area contributed by atoms with Crippen LogP contribution in [0, 0.1) is 0 Å². The minimum atomic E-state index is 0.529. The molecule has 0 fully saturated rings. The van der Waals surface area contributed by atoms with Crippen LogP contribution in [0.3, 0.4) is 0 Å². The Balaban J connectivity index is 2.72. The minimum absolute atomic E-state index is 0.529. The van der Waals surface area contributed by atoms with Gasteiger partial charge in [0, 0.05) is 6.54 Å². The number of nitrogens with one attached hydrogen (secondary N) is 1. The second-order valence-electron chi connectivity index (χ2n) is 2.91. The second kappa shape index (κ2) is 4.14. The van der Waals surface area contributed by atoms with Crippen LogP contribution in [0.1, 0.15) is 6.92 Å². The lowest BCUT2D eigenvalue weighted by Crippen LogP contribution is -2.04. The monoisotopic (exact) mass is 197 g/mol. The molecular formula is C9H12ClN3. The molecule has 0 atom stereocenters. The van der Waals surface area contributed by atoms with Gasteiger partial charge in [-0.2, -0.15) is 0 Å². The normalized spacial score (nSPS) is 9.69. The summed E-state index contributed by atoms with van der Waals surface area (Å²) in [5.41, 5.74) is 7.08. The first-order chi connectivity index (χ1) is 6.09. The Kier molecular flexibility index (Phi) is 3.14. The number of nitrogen functional groups attached to an aromatic ring is 1. The molecule has 3 N–H and O–H groups in total.